The van der Waals surface area contributed by atoms with Gasteiger partial charge in [-0.25, -0.2) is 0 Å². The molecule has 0 saturated carbocycles. The molecule has 0 amide bonds. The van der Waals surface area contributed by atoms with Crippen LogP contribution in [0.2, 0.25) is 0 Å². The summed E-state index contributed by atoms with van der Waals surface area (Å²) in [6, 6.07) is 25.8. The van der Waals surface area contributed by atoms with Gasteiger partial charge < -0.3 is 0 Å². The molecule has 0 radical (unpaired) electrons. The van der Waals surface area contributed by atoms with Crippen molar-refractivity contribution in [2.75, 3.05) is 0 Å². The van der Waals surface area contributed by atoms with E-state index in [1.807, 2.05) is 0 Å². The predicted octanol–water partition coefficient (Wildman–Crippen LogP) is 8.04. The maximum absolute atomic E-state index is 6.60. The van der Waals surface area contributed by atoms with Crippen molar-refractivity contribution in [1.29, 1.82) is 0 Å². The molecule has 3 heteroatoms. The second kappa shape index (κ2) is 8.08. The van der Waals surface area contributed by atoms with Gasteiger partial charge in [0.25, 0.3) is 0 Å². The Morgan fingerprint density at radius 3 is 2.04 bits per heavy atom. The fourth-order valence-electron chi connectivity index (χ4n) is 3.99. The fraction of sp³-hybridized carbons (Fsp3) is 0.167. The number of fused-ring (bicyclic) bond motifs is 1. The Balaban J connectivity index is 1.93. The van der Waals surface area contributed by atoms with Gasteiger partial charge in [-0.1, -0.05) is 0 Å². The zero-order valence-corrected chi connectivity index (χ0v) is 19.4. The molecule has 0 aliphatic heterocycles. The van der Waals surface area contributed by atoms with E-state index in [0.717, 1.165) is 0 Å². The van der Waals surface area contributed by atoms with Crippen LogP contribution in [0.1, 0.15) is 28.6 Å². The topological polar surface area (TPSA) is 0 Å². The summed E-state index contributed by atoms with van der Waals surface area (Å²) in [5.74, 6) is 0.452. The second-order valence-electron chi connectivity index (χ2n) is 7.24. The molecule has 1 aliphatic rings. The SMILES string of the molecule is CC(C)C1=Cc2c(-c3ccccc3-c3ccccc3)cccc2[CH]1[Zr]([Cl])[Cl]. The van der Waals surface area contributed by atoms with Crippen molar-refractivity contribution in [2.24, 2.45) is 5.92 Å². The molecular weight excluding hydrogens is 450 g/mol. The number of rotatable bonds is 4. The number of halogens is 2. The molecule has 1 unspecified atom stereocenters. The van der Waals surface area contributed by atoms with Crippen molar-refractivity contribution < 1.29 is 19.4 Å². The van der Waals surface area contributed by atoms with E-state index in [4.69, 9.17) is 17.0 Å². The quantitative estimate of drug-likeness (QED) is 0.361. The standard InChI is InChI=1S/C24H21.2ClH.Zr/c1-17(2)20-15-19-11-8-14-23(24(19)16-20)22-13-7-6-12-21(22)18-9-4-3-5-10-18;;;/h3-17H,1-2H3;2*1H;/q;;;+2/p-2. The van der Waals surface area contributed by atoms with Crippen molar-refractivity contribution in [3.05, 3.63) is 89.5 Å². The second-order valence-corrected chi connectivity index (χ2v) is 16.0. The molecule has 0 fully saturated rings. The fourth-order valence-corrected chi connectivity index (χ4v) is 9.71. The Morgan fingerprint density at radius 1 is 0.741 bits per heavy atom. The number of allylic oxidation sites excluding steroid dienone is 1. The molecule has 0 bridgehead atoms. The predicted molar refractivity (Wildman–Crippen MR) is 115 cm³/mol. The third-order valence-corrected chi connectivity index (χ3v) is 10.5. The van der Waals surface area contributed by atoms with Crippen LogP contribution in [0.15, 0.2) is 78.4 Å². The minimum absolute atomic E-state index is 0.259. The summed E-state index contributed by atoms with van der Waals surface area (Å²) in [5, 5.41) is 0. The third kappa shape index (κ3) is 3.63. The van der Waals surface area contributed by atoms with E-state index in [1.54, 1.807) is 0 Å². The summed E-state index contributed by atoms with van der Waals surface area (Å²) >= 11 is -2.48. The minimum atomic E-state index is -2.48. The van der Waals surface area contributed by atoms with E-state index in [2.05, 4.69) is 92.7 Å². The molecule has 3 aromatic rings. The van der Waals surface area contributed by atoms with E-state index in [9.17, 15) is 0 Å². The molecule has 0 N–H and O–H groups in total. The molecule has 0 aromatic heterocycles. The van der Waals surface area contributed by atoms with Crippen LogP contribution in [0.5, 0.6) is 0 Å². The van der Waals surface area contributed by atoms with Gasteiger partial charge in [0.1, 0.15) is 0 Å². The van der Waals surface area contributed by atoms with Gasteiger partial charge in [-0.05, 0) is 0 Å². The van der Waals surface area contributed by atoms with Gasteiger partial charge in [0, 0.05) is 0 Å². The maximum atomic E-state index is 6.60. The van der Waals surface area contributed by atoms with Crippen molar-refractivity contribution in [1.82, 2.24) is 0 Å². The van der Waals surface area contributed by atoms with Gasteiger partial charge in [0.05, 0.1) is 0 Å². The van der Waals surface area contributed by atoms with Gasteiger partial charge in [0.2, 0.25) is 0 Å². The molecule has 0 spiro atoms. The first-order valence-corrected chi connectivity index (χ1v) is 17.0. The third-order valence-electron chi connectivity index (χ3n) is 5.28. The molecule has 0 saturated heterocycles. The van der Waals surface area contributed by atoms with E-state index >= 15 is 0 Å². The zero-order valence-electron chi connectivity index (χ0n) is 15.4. The van der Waals surface area contributed by atoms with Crippen LogP contribution in [0.25, 0.3) is 28.3 Å². The summed E-state index contributed by atoms with van der Waals surface area (Å²) in [6.07, 6.45) is 2.35. The van der Waals surface area contributed by atoms with Crippen LogP contribution in [-0.4, -0.2) is 0 Å². The van der Waals surface area contributed by atoms with Crippen LogP contribution >= 0.6 is 17.0 Å². The van der Waals surface area contributed by atoms with E-state index < -0.39 is 19.4 Å². The van der Waals surface area contributed by atoms with Crippen LogP contribution in [0.4, 0.5) is 0 Å². The average Bonchev–Trinajstić information content (AvgIpc) is 3.09. The summed E-state index contributed by atoms with van der Waals surface area (Å²) in [6.45, 7) is 4.48. The van der Waals surface area contributed by atoms with Gasteiger partial charge >= 0.3 is 178 Å². The molecule has 3 aromatic carbocycles. The van der Waals surface area contributed by atoms with E-state index in [-0.39, 0.29) is 3.63 Å². The number of benzene rings is 3. The first-order valence-electron chi connectivity index (χ1n) is 9.25. The van der Waals surface area contributed by atoms with Crippen LogP contribution < -0.4 is 0 Å². The summed E-state index contributed by atoms with van der Waals surface area (Å²) in [7, 11) is 13.2. The first kappa shape index (κ1) is 19.2. The Labute approximate surface area is 176 Å². The van der Waals surface area contributed by atoms with Crippen molar-refractivity contribution in [3.8, 4) is 22.3 Å². The monoisotopic (exact) mass is 469 g/mol. The summed E-state index contributed by atoms with van der Waals surface area (Å²) in [5.41, 5.74) is 9.03. The number of hydrogen-bond donors (Lipinski definition) is 0. The molecule has 4 rings (SSSR count). The summed E-state index contributed by atoms with van der Waals surface area (Å²) < 4.78 is 0.259. The van der Waals surface area contributed by atoms with Gasteiger partial charge in [-0.2, -0.15) is 0 Å². The van der Waals surface area contributed by atoms with Crippen molar-refractivity contribution in [2.45, 2.75) is 17.5 Å². The first-order chi connectivity index (χ1) is 13.1. The van der Waals surface area contributed by atoms with E-state index in [0.29, 0.717) is 5.92 Å². The molecule has 0 heterocycles. The molecule has 1 aliphatic carbocycles. The molecule has 27 heavy (non-hydrogen) atoms. The van der Waals surface area contributed by atoms with E-state index in [1.165, 1.54) is 39.0 Å². The van der Waals surface area contributed by atoms with Gasteiger partial charge in [-0.3, -0.25) is 0 Å². The molecule has 135 valence electrons. The van der Waals surface area contributed by atoms with Crippen LogP contribution in [-0.2, 0) is 19.4 Å². The van der Waals surface area contributed by atoms with Gasteiger partial charge in [0.15, 0.2) is 0 Å². The zero-order chi connectivity index (χ0) is 19.0. The number of hydrogen-bond acceptors (Lipinski definition) is 0. The molecule has 0 nitrogen and oxygen atoms in total. The Bertz CT molecular complexity index is 990. The van der Waals surface area contributed by atoms with Crippen LogP contribution in [0.3, 0.4) is 0 Å². The Morgan fingerprint density at radius 2 is 1.37 bits per heavy atom. The Hall–Kier alpha value is -1.14. The van der Waals surface area contributed by atoms with Crippen molar-refractivity contribution >= 4 is 23.1 Å². The average molecular weight is 472 g/mol. The van der Waals surface area contributed by atoms with Gasteiger partial charge in [-0.15, -0.1) is 0 Å². The van der Waals surface area contributed by atoms with Crippen LogP contribution in [0, 0.1) is 5.92 Å². The molecule has 1 atom stereocenters. The molecular formula is C24H21Cl2Zr. The normalized spacial score (nSPS) is 15.6. The van der Waals surface area contributed by atoms with Crippen molar-refractivity contribution in [3.63, 3.8) is 0 Å². The Kier molecular flexibility index (Phi) is 5.74. The summed E-state index contributed by atoms with van der Waals surface area (Å²) in [4.78, 5) is 0.